The molecule has 39 heavy (non-hydrogen) atoms. The molecule has 1 aliphatic rings. The molecule has 1 atom stereocenters. The van der Waals surface area contributed by atoms with E-state index in [0.29, 0.717) is 34.0 Å². The third-order valence-electron chi connectivity index (χ3n) is 5.95. The van der Waals surface area contributed by atoms with Gasteiger partial charge in [0.1, 0.15) is 16.4 Å². The van der Waals surface area contributed by atoms with Crippen molar-refractivity contribution >= 4 is 35.0 Å². The van der Waals surface area contributed by atoms with E-state index in [4.69, 9.17) is 18.9 Å². The predicted molar refractivity (Wildman–Crippen MR) is 144 cm³/mol. The lowest BCUT2D eigenvalue weighted by Gasteiger charge is -2.26. The van der Waals surface area contributed by atoms with E-state index in [-0.39, 0.29) is 22.5 Å². The third-order valence-corrected chi connectivity index (χ3v) is 6.93. The lowest BCUT2D eigenvalue weighted by atomic mass is 9.93. The minimum atomic E-state index is -0.848. The van der Waals surface area contributed by atoms with Crippen LogP contribution in [-0.4, -0.2) is 28.7 Å². The highest BCUT2D eigenvalue weighted by atomic mass is 32.1. The van der Waals surface area contributed by atoms with E-state index in [9.17, 15) is 19.7 Å². The number of thiazole rings is 1. The number of ether oxygens (including phenoxy) is 2. The summed E-state index contributed by atoms with van der Waals surface area (Å²) in [5.41, 5.74) is 1.54. The number of nitrogens with zero attached hydrogens (tertiary/aromatic N) is 3. The van der Waals surface area contributed by atoms with Crippen LogP contribution in [-0.2, 0) is 9.53 Å². The van der Waals surface area contributed by atoms with Crippen LogP contribution in [0, 0.1) is 10.1 Å². The second-order valence-electron chi connectivity index (χ2n) is 8.37. The molecule has 2 aromatic carbocycles. The first kappa shape index (κ1) is 25.9. The monoisotopic (exact) mass is 545 g/mol. The summed E-state index contributed by atoms with van der Waals surface area (Å²) in [6.45, 7) is 4.23. The molecule has 0 fully saturated rings. The van der Waals surface area contributed by atoms with Gasteiger partial charge in [0, 0.05) is 11.6 Å². The zero-order valence-electron chi connectivity index (χ0n) is 21.0. The van der Waals surface area contributed by atoms with Crippen molar-refractivity contribution in [1.29, 1.82) is 0 Å². The van der Waals surface area contributed by atoms with E-state index in [1.54, 1.807) is 31.2 Å². The number of carbonyl (C=O) groups excluding carboxylic acids is 1. The zero-order valence-corrected chi connectivity index (χ0v) is 21.8. The van der Waals surface area contributed by atoms with Crippen LogP contribution < -0.4 is 19.6 Å². The maximum absolute atomic E-state index is 13.8. The Balaban J connectivity index is 1.78. The van der Waals surface area contributed by atoms with Gasteiger partial charge in [-0.05, 0) is 37.6 Å². The third kappa shape index (κ3) is 5.04. The lowest BCUT2D eigenvalue weighted by molar-refractivity contribution is -0.402. The van der Waals surface area contributed by atoms with Gasteiger partial charge in [0.05, 0.1) is 41.1 Å². The highest BCUT2D eigenvalue weighted by Crippen LogP contribution is 2.35. The number of rotatable bonds is 8. The van der Waals surface area contributed by atoms with Crippen molar-refractivity contribution in [2.75, 3.05) is 13.2 Å². The molecule has 11 heteroatoms. The average Bonchev–Trinajstić information content (AvgIpc) is 3.54. The van der Waals surface area contributed by atoms with Crippen LogP contribution in [0.1, 0.15) is 36.8 Å². The maximum Gasteiger partial charge on any atom is 0.433 e. The Kier molecular flexibility index (Phi) is 7.24. The molecule has 0 N–H and O–H groups in total. The zero-order chi connectivity index (χ0) is 27.5. The van der Waals surface area contributed by atoms with Crippen LogP contribution in [0.2, 0.25) is 0 Å². The van der Waals surface area contributed by atoms with E-state index in [0.717, 1.165) is 11.3 Å². The van der Waals surface area contributed by atoms with Crippen LogP contribution in [0.3, 0.4) is 0 Å². The molecule has 0 aliphatic carbocycles. The number of benzene rings is 2. The van der Waals surface area contributed by atoms with Gasteiger partial charge in [-0.2, -0.15) is 0 Å². The summed E-state index contributed by atoms with van der Waals surface area (Å²) in [4.78, 5) is 42.8. The Morgan fingerprint density at radius 3 is 2.49 bits per heavy atom. The van der Waals surface area contributed by atoms with E-state index in [1.165, 1.54) is 22.8 Å². The Hall–Kier alpha value is -4.77. The first-order valence-electron chi connectivity index (χ1n) is 12.2. The van der Waals surface area contributed by atoms with Crippen molar-refractivity contribution in [2.45, 2.75) is 19.9 Å². The van der Waals surface area contributed by atoms with Crippen molar-refractivity contribution in [3.05, 3.63) is 119 Å². The van der Waals surface area contributed by atoms with Gasteiger partial charge in [0.15, 0.2) is 4.80 Å². The summed E-state index contributed by atoms with van der Waals surface area (Å²) < 4.78 is 18.0. The summed E-state index contributed by atoms with van der Waals surface area (Å²) in [6.07, 6.45) is 1.43. The average molecular weight is 546 g/mol. The normalized spacial score (nSPS) is 15.0. The largest absolute Gasteiger partial charge is 0.494 e. The van der Waals surface area contributed by atoms with Crippen molar-refractivity contribution in [3.63, 3.8) is 0 Å². The van der Waals surface area contributed by atoms with Crippen molar-refractivity contribution in [1.82, 2.24) is 4.57 Å². The minimum absolute atomic E-state index is 0.141. The van der Waals surface area contributed by atoms with Crippen molar-refractivity contribution in [2.24, 2.45) is 4.99 Å². The van der Waals surface area contributed by atoms with E-state index >= 15 is 0 Å². The molecule has 0 saturated heterocycles. The molecule has 4 aromatic rings. The van der Waals surface area contributed by atoms with Gasteiger partial charge in [-0.3, -0.25) is 19.5 Å². The number of carbonyl (C=O) groups is 1. The molecule has 1 aliphatic heterocycles. The Morgan fingerprint density at radius 2 is 1.85 bits per heavy atom. The van der Waals surface area contributed by atoms with Crippen LogP contribution >= 0.6 is 11.3 Å². The van der Waals surface area contributed by atoms with Crippen LogP contribution in [0.5, 0.6) is 5.75 Å². The number of esters is 1. The van der Waals surface area contributed by atoms with Gasteiger partial charge in [0.2, 0.25) is 0 Å². The molecule has 0 radical (unpaired) electrons. The summed E-state index contributed by atoms with van der Waals surface area (Å²) in [6, 6.07) is 18.2. The smallest absolute Gasteiger partial charge is 0.433 e. The molecule has 3 heterocycles. The second-order valence-corrected chi connectivity index (χ2v) is 9.38. The Bertz CT molecular complexity index is 1750. The molecule has 5 rings (SSSR count). The van der Waals surface area contributed by atoms with Crippen molar-refractivity contribution in [3.8, 4) is 5.75 Å². The Morgan fingerprint density at radius 1 is 1.10 bits per heavy atom. The molecular formula is C28H23N3O7S. The lowest BCUT2D eigenvalue weighted by Crippen LogP contribution is -2.40. The molecule has 10 nitrogen and oxygen atoms in total. The van der Waals surface area contributed by atoms with Gasteiger partial charge < -0.3 is 13.9 Å². The van der Waals surface area contributed by atoms with E-state index in [1.807, 2.05) is 37.3 Å². The summed E-state index contributed by atoms with van der Waals surface area (Å²) in [5.74, 6) is -0.220. The highest BCUT2D eigenvalue weighted by molar-refractivity contribution is 7.07. The second kappa shape index (κ2) is 10.9. The van der Waals surface area contributed by atoms with Crippen LogP contribution in [0.25, 0.3) is 11.8 Å². The SMILES string of the molecule is CCOC(=O)C1=C(c2ccccc2)N=c2s/c(=C\c3ccc([N+](=O)[O-])o3)c(=O)n2C1c1ccc(OCC)cc1. The summed E-state index contributed by atoms with van der Waals surface area (Å²) >= 11 is 1.10. The number of aromatic nitrogens is 1. The van der Waals surface area contributed by atoms with Gasteiger partial charge in [-0.15, -0.1) is 0 Å². The summed E-state index contributed by atoms with van der Waals surface area (Å²) in [5, 5.41) is 11.0. The fraction of sp³-hybridized carbons (Fsp3) is 0.179. The maximum atomic E-state index is 13.8. The number of hydrogen-bond donors (Lipinski definition) is 0. The van der Waals surface area contributed by atoms with Crippen molar-refractivity contribution < 1.29 is 23.6 Å². The van der Waals surface area contributed by atoms with Crippen LogP contribution in [0.4, 0.5) is 5.88 Å². The number of hydrogen-bond acceptors (Lipinski definition) is 9. The molecular weight excluding hydrogens is 522 g/mol. The fourth-order valence-electron chi connectivity index (χ4n) is 4.32. The molecule has 0 bridgehead atoms. The first-order valence-corrected chi connectivity index (χ1v) is 13.0. The van der Waals surface area contributed by atoms with E-state index in [2.05, 4.69) is 0 Å². The Labute approximate surface area is 225 Å². The number of nitro groups is 1. The predicted octanol–water partition coefficient (Wildman–Crippen LogP) is 3.84. The molecule has 0 amide bonds. The van der Waals surface area contributed by atoms with Gasteiger partial charge in [0.25, 0.3) is 5.56 Å². The highest BCUT2D eigenvalue weighted by Gasteiger charge is 2.35. The van der Waals surface area contributed by atoms with E-state index < -0.39 is 28.4 Å². The number of fused-ring (bicyclic) bond motifs is 1. The van der Waals surface area contributed by atoms with Gasteiger partial charge >= 0.3 is 11.9 Å². The standard InChI is InChI=1S/C28H23N3O7S/c1-3-36-19-12-10-18(11-13-19)25-23(27(33)37-4-2)24(17-8-6-5-7-9-17)29-28-30(25)26(32)21(39-28)16-20-14-15-22(38-20)31(34)35/h5-16,25H,3-4H2,1-2H3/b21-16-. The quantitative estimate of drug-likeness (QED) is 0.187. The van der Waals surface area contributed by atoms with Crippen LogP contribution in [0.15, 0.2) is 86.5 Å². The topological polar surface area (TPSA) is 126 Å². The summed E-state index contributed by atoms with van der Waals surface area (Å²) in [7, 11) is 0. The molecule has 0 spiro atoms. The molecule has 2 aromatic heterocycles. The first-order chi connectivity index (χ1) is 18.9. The molecule has 0 saturated carbocycles. The number of furan rings is 1. The molecule has 198 valence electrons. The van der Waals surface area contributed by atoms with Gasteiger partial charge in [-0.1, -0.05) is 53.8 Å². The fourth-order valence-corrected chi connectivity index (χ4v) is 5.30. The molecule has 1 unspecified atom stereocenters. The minimum Gasteiger partial charge on any atom is -0.494 e. The van der Waals surface area contributed by atoms with Gasteiger partial charge in [-0.25, -0.2) is 9.79 Å².